The number of carbonyl (C=O) groups is 3. The molecule has 2 aromatic carbocycles. The minimum atomic E-state index is -0.674. The molecule has 0 aliphatic heterocycles. The van der Waals surface area contributed by atoms with Gasteiger partial charge in [-0.1, -0.05) is 49.2 Å². The van der Waals surface area contributed by atoms with Gasteiger partial charge in [-0.15, -0.1) is 0 Å². The summed E-state index contributed by atoms with van der Waals surface area (Å²) >= 11 is 0. The number of hydrogen-bond donors (Lipinski definition) is 1. The molecule has 1 fully saturated rings. The van der Waals surface area contributed by atoms with Crippen molar-refractivity contribution in [1.82, 2.24) is 0 Å². The SMILES string of the molecule is COC(=O)c1cccc(NC(=O)COC(=O)C2(c3ccccc3)CCCC2)c1. The molecule has 1 aliphatic carbocycles. The van der Waals surface area contributed by atoms with Gasteiger partial charge in [0.2, 0.25) is 0 Å². The predicted octanol–water partition coefficient (Wildman–Crippen LogP) is 3.47. The number of ether oxygens (including phenoxy) is 2. The fraction of sp³-hybridized carbons (Fsp3) is 0.318. The lowest BCUT2D eigenvalue weighted by molar-refractivity contribution is -0.153. The number of methoxy groups -OCH3 is 1. The molecule has 6 heteroatoms. The highest BCUT2D eigenvalue weighted by molar-refractivity contribution is 5.96. The third kappa shape index (κ3) is 4.22. The Morgan fingerprint density at radius 3 is 2.39 bits per heavy atom. The number of hydrogen-bond acceptors (Lipinski definition) is 5. The van der Waals surface area contributed by atoms with Crippen LogP contribution in [0.3, 0.4) is 0 Å². The maximum Gasteiger partial charge on any atom is 0.337 e. The van der Waals surface area contributed by atoms with Gasteiger partial charge in [0.25, 0.3) is 5.91 Å². The van der Waals surface area contributed by atoms with Crippen molar-refractivity contribution in [2.75, 3.05) is 19.0 Å². The normalized spacial score (nSPS) is 14.9. The molecule has 1 N–H and O–H groups in total. The van der Waals surface area contributed by atoms with Crippen molar-refractivity contribution in [2.24, 2.45) is 0 Å². The zero-order valence-electron chi connectivity index (χ0n) is 15.8. The van der Waals surface area contributed by atoms with Gasteiger partial charge in [0, 0.05) is 5.69 Å². The van der Waals surface area contributed by atoms with Crippen LogP contribution in [-0.4, -0.2) is 31.6 Å². The van der Waals surface area contributed by atoms with Crippen LogP contribution in [0.4, 0.5) is 5.69 Å². The first-order chi connectivity index (χ1) is 13.5. The number of anilines is 1. The summed E-state index contributed by atoms with van der Waals surface area (Å²) in [7, 11) is 1.29. The average molecular weight is 381 g/mol. The lowest BCUT2D eigenvalue weighted by Gasteiger charge is -2.27. The molecule has 0 saturated heterocycles. The van der Waals surface area contributed by atoms with Crippen LogP contribution in [0.25, 0.3) is 0 Å². The monoisotopic (exact) mass is 381 g/mol. The number of carbonyl (C=O) groups excluding carboxylic acids is 3. The van der Waals surface area contributed by atoms with E-state index in [0.717, 1.165) is 31.2 Å². The van der Waals surface area contributed by atoms with Crippen LogP contribution in [0.2, 0.25) is 0 Å². The molecule has 28 heavy (non-hydrogen) atoms. The molecular formula is C22H23NO5. The third-order valence-electron chi connectivity index (χ3n) is 5.08. The molecule has 1 amide bonds. The van der Waals surface area contributed by atoms with Gasteiger partial charge in [0.15, 0.2) is 6.61 Å². The van der Waals surface area contributed by atoms with Gasteiger partial charge in [0.05, 0.1) is 18.1 Å². The van der Waals surface area contributed by atoms with E-state index in [-0.39, 0.29) is 12.6 Å². The molecule has 2 aromatic rings. The quantitative estimate of drug-likeness (QED) is 0.775. The first kappa shape index (κ1) is 19.6. The van der Waals surface area contributed by atoms with Gasteiger partial charge in [-0.05, 0) is 36.6 Å². The molecule has 1 aliphatic rings. The van der Waals surface area contributed by atoms with Gasteiger partial charge in [-0.2, -0.15) is 0 Å². The molecule has 0 radical (unpaired) electrons. The van der Waals surface area contributed by atoms with E-state index in [1.807, 2.05) is 30.3 Å². The van der Waals surface area contributed by atoms with Crippen LogP contribution in [0.1, 0.15) is 41.6 Å². The Bertz CT molecular complexity index is 856. The Morgan fingerprint density at radius 2 is 1.71 bits per heavy atom. The van der Waals surface area contributed by atoms with Crippen molar-refractivity contribution in [3.05, 3.63) is 65.7 Å². The topological polar surface area (TPSA) is 81.7 Å². The number of benzene rings is 2. The van der Waals surface area contributed by atoms with E-state index in [1.54, 1.807) is 18.2 Å². The second-order valence-electron chi connectivity index (χ2n) is 6.85. The first-order valence-electron chi connectivity index (χ1n) is 9.26. The van der Waals surface area contributed by atoms with Crippen molar-refractivity contribution in [1.29, 1.82) is 0 Å². The van der Waals surface area contributed by atoms with Crippen LogP contribution in [0.15, 0.2) is 54.6 Å². The summed E-state index contributed by atoms with van der Waals surface area (Å²) in [4.78, 5) is 36.6. The summed E-state index contributed by atoms with van der Waals surface area (Å²) in [6, 6.07) is 16.0. The fourth-order valence-corrected chi connectivity index (χ4v) is 3.65. The molecule has 1 saturated carbocycles. The third-order valence-corrected chi connectivity index (χ3v) is 5.08. The average Bonchev–Trinajstić information content (AvgIpc) is 3.23. The van der Waals surface area contributed by atoms with E-state index in [4.69, 9.17) is 4.74 Å². The smallest absolute Gasteiger partial charge is 0.337 e. The van der Waals surface area contributed by atoms with Crippen molar-refractivity contribution in [2.45, 2.75) is 31.1 Å². The summed E-state index contributed by atoms with van der Waals surface area (Å²) in [6.45, 7) is -0.379. The second-order valence-corrected chi connectivity index (χ2v) is 6.85. The van der Waals surface area contributed by atoms with Crippen LogP contribution < -0.4 is 5.32 Å². The van der Waals surface area contributed by atoms with Crippen molar-refractivity contribution >= 4 is 23.5 Å². The van der Waals surface area contributed by atoms with E-state index in [2.05, 4.69) is 10.1 Å². The first-order valence-corrected chi connectivity index (χ1v) is 9.26. The van der Waals surface area contributed by atoms with Gasteiger partial charge in [0.1, 0.15) is 0 Å². The lowest BCUT2D eigenvalue weighted by atomic mass is 9.79. The summed E-state index contributed by atoms with van der Waals surface area (Å²) in [5.74, 6) is -1.32. The van der Waals surface area contributed by atoms with E-state index >= 15 is 0 Å². The summed E-state index contributed by atoms with van der Waals surface area (Å²) < 4.78 is 10.0. The van der Waals surface area contributed by atoms with E-state index in [1.165, 1.54) is 13.2 Å². The van der Waals surface area contributed by atoms with Gasteiger partial charge >= 0.3 is 11.9 Å². The van der Waals surface area contributed by atoms with Gasteiger partial charge < -0.3 is 14.8 Å². The van der Waals surface area contributed by atoms with E-state index in [0.29, 0.717) is 11.3 Å². The Hall–Kier alpha value is -3.15. The van der Waals surface area contributed by atoms with Crippen LogP contribution in [0, 0.1) is 0 Å². The summed E-state index contributed by atoms with van der Waals surface area (Å²) in [5.41, 5.74) is 1.02. The highest BCUT2D eigenvalue weighted by atomic mass is 16.5. The molecule has 0 spiro atoms. The Labute approximate surface area is 163 Å². The second kappa shape index (κ2) is 8.69. The number of rotatable bonds is 6. The lowest BCUT2D eigenvalue weighted by Crippen LogP contribution is -2.36. The molecule has 0 aromatic heterocycles. The molecule has 0 heterocycles. The largest absolute Gasteiger partial charge is 0.465 e. The predicted molar refractivity (Wildman–Crippen MR) is 104 cm³/mol. The maximum absolute atomic E-state index is 12.8. The van der Waals surface area contributed by atoms with E-state index < -0.39 is 17.3 Å². The van der Waals surface area contributed by atoms with Gasteiger partial charge in [-0.25, -0.2) is 4.79 Å². The van der Waals surface area contributed by atoms with Crippen molar-refractivity contribution in [3.63, 3.8) is 0 Å². The highest BCUT2D eigenvalue weighted by Gasteiger charge is 2.44. The molecule has 0 unspecified atom stereocenters. The molecule has 146 valence electrons. The standard InChI is InChI=1S/C22H23NO5/c1-27-20(25)16-8-7-11-18(14-16)23-19(24)15-28-21(26)22(12-5-6-13-22)17-9-3-2-4-10-17/h2-4,7-11,14H,5-6,12-13,15H2,1H3,(H,23,24). The number of amides is 1. The molecule has 0 atom stereocenters. The highest BCUT2D eigenvalue weighted by Crippen LogP contribution is 2.42. The van der Waals surface area contributed by atoms with Crippen LogP contribution >= 0.6 is 0 Å². The molecular weight excluding hydrogens is 358 g/mol. The van der Waals surface area contributed by atoms with Crippen molar-refractivity contribution < 1.29 is 23.9 Å². The molecule has 6 nitrogen and oxygen atoms in total. The van der Waals surface area contributed by atoms with Crippen LogP contribution in [-0.2, 0) is 24.5 Å². The fourth-order valence-electron chi connectivity index (χ4n) is 3.65. The molecule has 3 rings (SSSR count). The van der Waals surface area contributed by atoms with Gasteiger partial charge in [-0.3, -0.25) is 9.59 Å². The van der Waals surface area contributed by atoms with E-state index in [9.17, 15) is 14.4 Å². The zero-order valence-corrected chi connectivity index (χ0v) is 15.8. The van der Waals surface area contributed by atoms with Crippen LogP contribution in [0.5, 0.6) is 0 Å². The molecule has 0 bridgehead atoms. The Morgan fingerprint density at radius 1 is 1.00 bits per heavy atom. The number of esters is 2. The summed E-state index contributed by atoms with van der Waals surface area (Å²) in [6.07, 6.45) is 3.35. The Balaban J connectivity index is 1.62. The van der Waals surface area contributed by atoms with Crippen molar-refractivity contribution in [3.8, 4) is 0 Å². The maximum atomic E-state index is 12.8. The summed E-state index contributed by atoms with van der Waals surface area (Å²) in [5, 5.41) is 2.64. The Kier molecular flexibility index (Phi) is 6.09. The minimum Gasteiger partial charge on any atom is -0.465 e. The minimum absolute atomic E-state index is 0.325. The number of nitrogens with one attached hydrogen (secondary N) is 1. The zero-order chi connectivity index (χ0) is 20.0.